The van der Waals surface area contributed by atoms with Crippen LogP contribution in [0.1, 0.15) is 50.1 Å². The van der Waals surface area contributed by atoms with E-state index >= 15 is 0 Å². The van der Waals surface area contributed by atoms with Gasteiger partial charge < -0.3 is 19.7 Å². The molecule has 2 heterocycles. The number of hydrogen-bond acceptors (Lipinski definition) is 4. The van der Waals surface area contributed by atoms with Gasteiger partial charge in [-0.25, -0.2) is 0 Å². The molecule has 22 heavy (non-hydrogen) atoms. The van der Waals surface area contributed by atoms with Crippen LogP contribution >= 0.6 is 0 Å². The van der Waals surface area contributed by atoms with Gasteiger partial charge in [-0.2, -0.15) is 0 Å². The molecule has 0 saturated carbocycles. The second-order valence-electron chi connectivity index (χ2n) is 6.10. The molecule has 1 aliphatic rings. The molecular weight excluding hydrogens is 280 g/mol. The van der Waals surface area contributed by atoms with Crippen molar-refractivity contribution in [1.29, 1.82) is 0 Å². The van der Waals surface area contributed by atoms with E-state index in [9.17, 15) is 9.90 Å². The SMILES string of the molecule is CCC(CC)C(O)CNC1CCN(C(=O)c2ccco2)CC1. The van der Waals surface area contributed by atoms with Crippen LogP contribution in [0.3, 0.4) is 0 Å². The fourth-order valence-corrected chi connectivity index (χ4v) is 3.13. The quantitative estimate of drug-likeness (QED) is 0.811. The van der Waals surface area contributed by atoms with Crippen LogP contribution in [0.4, 0.5) is 0 Å². The highest BCUT2D eigenvalue weighted by atomic mass is 16.3. The van der Waals surface area contributed by atoms with Crippen molar-refractivity contribution in [2.75, 3.05) is 19.6 Å². The number of piperidine rings is 1. The lowest BCUT2D eigenvalue weighted by molar-refractivity contribution is 0.0650. The molecule has 1 amide bonds. The molecule has 2 N–H and O–H groups in total. The van der Waals surface area contributed by atoms with E-state index in [4.69, 9.17) is 4.42 Å². The molecule has 1 unspecified atom stereocenters. The first kappa shape index (κ1) is 17.0. The summed E-state index contributed by atoms with van der Waals surface area (Å²) in [6, 6.07) is 3.82. The Bertz CT molecular complexity index is 435. The molecule has 2 rings (SSSR count). The molecule has 1 saturated heterocycles. The summed E-state index contributed by atoms with van der Waals surface area (Å²) in [7, 11) is 0. The third kappa shape index (κ3) is 4.34. The Morgan fingerprint density at radius 1 is 1.41 bits per heavy atom. The van der Waals surface area contributed by atoms with Crippen molar-refractivity contribution < 1.29 is 14.3 Å². The molecule has 0 spiro atoms. The van der Waals surface area contributed by atoms with Gasteiger partial charge in [0, 0.05) is 25.7 Å². The molecule has 124 valence electrons. The summed E-state index contributed by atoms with van der Waals surface area (Å²) in [5.74, 6) is 0.754. The van der Waals surface area contributed by atoms with E-state index in [0.29, 0.717) is 24.3 Å². The Hall–Kier alpha value is -1.33. The second kappa shape index (κ2) is 8.34. The van der Waals surface area contributed by atoms with E-state index < -0.39 is 0 Å². The Labute approximate surface area is 132 Å². The highest BCUT2D eigenvalue weighted by molar-refractivity contribution is 5.91. The molecule has 1 fully saturated rings. The van der Waals surface area contributed by atoms with Gasteiger partial charge in [-0.3, -0.25) is 4.79 Å². The zero-order valence-electron chi connectivity index (χ0n) is 13.6. The molecule has 1 atom stereocenters. The van der Waals surface area contributed by atoms with E-state index in [2.05, 4.69) is 19.2 Å². The Morgan fingerprint density at radius 2 is 2.09 bits per heavy atom. The van der Waals surface area contributed by atoms with Crippen molar-refractivity contribution in [2.45, 2.75) is 51.7 Å². The van der Waals surface area contributed by atoms with Crippen LogP contribution in [-0.4, -0.2) is 47.7 Å². The third-order valence-electron chi connectivity index (χ3n) is 4.72. The van der Waals surface area contributed by atoms with Crippen molar-refractivity contribution in [3.8, 4) is 0 Å². The van der Waals surface area contributed by atoms with Crippen LogP contribution in [0.25, 0.3) is 0 Å². The predicted molar refractivity (Wildman–Crippen MR) is 85.7 cm³/mol. The number of carbonyl (C=O) groups excluding carboxylic acids is 1. The average molecular weight is 308 g/mol. The van der Waals surface area contributed by atoms with E-state index in [0.717, 1.165) is 38.8 Å². The number of furan rings is 1. The lowest BCUT2D eigenvalue weighted by Crippen LogP contribution is -2.47. The monoisotopic (exact) mass is 308 g/mol. The molecular formula is C17H28N2O3. The van der Waals surface area contributed by atoms with Crippen LogP contribution in [0.2, 0.25) is 0 Å². The summed E-state index contributed by atoms with van der Waals surface area (Å²) in [5, 5.41) is 13.6. The zero-order chi connectivity index (χ0) is 15.9. The van der Waals surface area contributed by atoms with Crippen LogP contribution in [0, 0.1) is 5.92 Å². The predicted octanol–water partition coefficient (Wildman–Crippen LogP) is 2.27. The Balaban J connectivity index is 1.72. The summed E-state index contributed by atoms with van der Waals surface area (Å²) in [5.41, 5.74) is 0. The van der Waals surface area contributed by atoms with Gasteiger partial charge in [0.05, 0.1) is 12.4 Å². The summed E-state index contributed by atoms with van der Waals surface area (Å²) in [6.07, 6.45) is 5.10. The lowest BCUT2D eigenvalue weighted by atomic mass is 9.96. The van der Waals surface area contributed by atoms with Gasteiger partial charge in [0.25, 0.3) is 5.91 Å². The minimum absolute atomic E-state index is 0.0273. The molecule has 1 aromatic rings. The number of likely N-dealkylation sites (tertiary alicyclic amines) is 1. The fourth-order valence-electron chi connectivity index (χ4n) is 3.13. The summed E-state index contributed by atoms with van der Waals surface area (Å²) in [6.45, 7) is 6.35. The molecule has 0 aliphatic carbocycles. The van der Waals surface area contributed by atoms with Gasteiger partial charge in [-0.15, -0.1) is 0 Å². The molecule has 1 aliphatic heterocycles. The van der Waals surface area contributed by atoms with E-state index in [1.165, 1.54) is 6.26 Å². The number of carbonyl (C=O) groups is 1. The Kier molecular flexibility index (Phi) is 6.46. The van der Waals surface area contributed by atoms with Crippen LogP contribution in [0.15, 0.2) is 22.8 Å². The van der Waals surface area contributed by atoms with Crippen molar-refractivity contribution in [3.63, 3.8) is 0 Å². The lowest BCUT2D eigenvalue weighted by Gasteiger charge is -2.33. The number of hydrogen-bond donors (Lipinski definition) is 2. The first-order valence-corrected chi connectivity index (χ1v) is 8.39. The summed E-state index contributed by atoms with van der Waals surface area (Å²) < 4.78 is 5.17. The average Bonchev–Trinajstić information content (AvgIpc) is 3.08. The zero-order valence-corrected chi connectivity index (χ0v) is 13.6. The minimum atomic E-state index is -0.280. The number of nitrogens with zero attached hydrogens (tertiary/aromatic N) is 1. The minimum Gasteiger partial charge on any atom is -0.459 e. The summed E-state index contributed by atoms with van der Waals surface area (Å²) >= 11 is 0. The van der Waals surface area contributed by atoms with Gasteiger partial charge in [0.15, 0.2) is 5.76 Å². The smallest absolute Gasteiger partial charge is 0.289 e. The molecule has 0 aromatic carbocycles. The van der Waals surface area contributed by atoms with Gasteiger partial charge in [0.1, 0.15) is 0 Å². The molecule has 5 heteroatoms. The number of nitrogens with one attached hydrogen (secondary N) is 1. The van der Waals surface area contributed by atoms with Crippen molar-refractivity contribution in [1.82, 2.24) is 10.2 Å². The summed E-state index contributed by atoms with van der Waals surface area (Å²) in [4.78, 5) is 14.0. The van der Waals surface area contributed by atoms with E-state index in [1.807, 2.05) is 4.90 Å². The van der Waals surface area contributed by atoms with E-state index in [-0.39, 0.29) is 12.0 Å². The number of amides is 1. The van der Waals surface area contributed by atoms with Crippen molar-refractivity contribution in [3.05, 3.63) is 24.2 Å². The van der Waals surface area contributed by atoms with E-state index in [1.54, 1.807) is 12.1 Å². The van der Waals surface area contributed by atoms with Crippen LogP contribution in [0.5, 0.6) is 0 Å². The third-order valence-corrected chi connectivity index (χ3v) is 4.72. The van der Waals surface area contributed by atoms with Crippen LogP contribution < -0.4 is 5.32 Å². The molecule has 0 bridgehead atoms. The maximum Gasteiger partial charge on any atom is 0.289 e. The highest BCUT2D eigenvalue weighted by Crippen LogP contribution is 2.16. The standard InChI is InChI=1S/C17H28N2O3/c1-3-13(4-2)15(20)12-18-14-7-9-19(10-8-14)17(21)16-6-5-11-22-16/h5-6,11,13-15,18,20H,3-4,7-10,12H2,1-2H3. The Morgan fingerprint density at radius 3 is 2.64 bits per heavy atom. The van der Waals surface area contributed by atoms with Crippen molar-refractivity contribution >= 4 is 5.91 Å². The van der Waals surface area contributed by atoms with Gasteiger partial charge in [-0.05, 0) is 30.9 Å². The van der Waals surface area contributed by atoms with Gasteiger partial charge in [0.2, 0.25) is 0 Å². The largest absolute Gasteiger partial charge is 0.459 e. The van der Waals surface area contributed by atoms with Gasteiger partial charge in [-0.1, -0.05) is 26.7 Å². The maximum absolute atomic E-state index is 12.2. The normalized spacial score (nSPS) is 17.9. The van der Waals surface area contributed by atoms with Crippen molar-refractivity contribution in [2.24, 2.45) is 5.92 Å². The first-order chi connectivity index (χ1) is 10.7. The number of aliphatic hydroxyl groups is 1. The molecule has 1 aromatic heterocycles. The molecule has 0 radical (unpaired) electrons. The highest BCUT2D eigenvalue weighted by Gasteiger charge is 2.25. The molecule has 5 nitrogen and oxygen atoms in total. The second-order valence-corrected chi connectivity index (χ2v) is 6.10. The topological polar surface area (TPSA) is 65.7 Å². The fraction of sp³-hybridized carbons (Fsp3) is 0.706. The first-order valence-electron chi connectivity index (χ1n) is 8.39. The maximum atomic E-state index is 12.2. The van der Waals surface area contributed by atoms with Crippen LogP contribution in [-0.2, 0) is 0 Å². The number of rotatable bonds is 7. The number of aliphatic hydroxyl groups excluding tert-OH is 1. The van der Waals surface area contributed by atoms with Gasteiger partial charge >= 0.3 is 0 Å².